The Kier molecular flexibility index (Phi) is 5.80. The summed E-state index contributed by atoms with van der Waals surface area (Å²) in [6.07, 6.45) is 2.03. The summed E-state index contributed by atoms with van der Waals surface area (Å²) in [6.45, 7) is 2.16. The van der Waals surface area contributed by atoms with E-state index in [4.69, 9.17) is 4.98 Å². The largest absolute Gasteiger partial charge is 0.372 e. The van der Waals surface area contributed by atoms with Crippen LogP contribution in [0.3, 0.4) is 0 Å². The molecule has 20 heavy (non-hydrogen) atoms. The van der Waals surface area contributed by atoms with Crippen molar-refractivity contribution in [1.29, 1.82) is 0 Å². The van der Waals surface area contributed by atoms with Gasteiger partial charge in [0.25, 0.3) is 0 Å². The highest BCUT2D eigenvalue weighted by atomic mass is 127. The van der Waals surface area contributed by atoms with E-state index in [0.717, 1.165) is 48.3 Å². The zero-order valence-electron chi connectivity index (χ0n) is 11.2. The van der Waals surface area contributed by atoms with Gasteiger partial charge < -0.3 is 5.32 Å². The number of aromatic nitrogens is 2. The third-order valence-corrected chi connectivity index (χ3v) is 5.83. The lowest BCUT2D eigenvalue weighted by Crippen LogP contribution is -2.05. The Bertz CT molecular complexity index is 632. The molecule has 0 amide bonds. The van der Waals surface area contributed by atoms with Gasteiger partial charge in [-0.2, -0.15) is 0 Å². The second-order valence-electron chi connectivity index (χ2n) is 4.29. The van der Waals surface area contributed by atoms with E-state index in [2.05, 4.69) is 71.7 Å². The summed E-state index contributed by atoms with van der Waals surface area (Å²) < 4.78 is 3.13. The van der Waals surface area contributed by atoms with Crippen LogP contribution in [0.15, 0.2) is 27.1 Å². The number of benzene rings is 1. The van der Waals surface area contributed by atoms with Gasteiger partial charge in [-0.3, -0.25) is 0 Å². The third kappa shape index (κ3) is 3.51. The lowest BCUT2D eigenvalue weighted by Gasteiger charge is -2.11. The Morgan fingerprint density at radius 3 is 2.55 bits per heavy atom. The molecule has 1 heterocycles. The molecule has 1 aromatic heterocycles. The number of hydrogen-bond acceptors (Lipinski definition) is 3. The molecular formula is C14H14Br2IN3. The molecule has 0 radical (unpaired) electrons. The molecule has 106 valence electrons. The highest BCUT2D eigenvalue weighted by Crippen LogP contribution is 2.29. The summed E-state index contributed by atoms with van der Waals surface area (Å²) in [4.78, 5) is 9.33. The Balaban J connectivity index is 2.55. The average Bonchev–Trinajstić information content (AvgIpc) is 2.44. The van der Waals surface area contributed by atoms with Crippen molar-refractivity contribution in [2.24, 2.45) is 0 Å². The second-order valence-corrected chi connectivity index (χ2v) is 7.07. The van der Waals surface area contributed by atoms with Crippen LogP contribution in [-0.2, 0) is 6.42 Å². The number of aryl methyl sites for hydroxylation is 1. The Hall–Kier alpha value is -0.210. The molecule has 0 bridgehead atoms. The van der Waals surface area contributed by atoms with Gasteiger partial charge in [0.15, 0.2) is 5.82 Å². The van der Waals surface area contributed by atoms with E-state index in [1.54, 1.807) is 0 Å². The molecule has 0 aliphatic heterocycles. The van der Waals surface area contributed by atoms with Crippen molar-refractivity contribution in [1.82, 2.24) is 9.97 Å². The smallest absolute Gasteiger partial charge is 0.161 e. The van der Waals surface area contributed by atoms with Crippen molar-refractivity contribution < 1.29 is 0 Å². The SMILES string of the molecule is CCCc1nc(-c2ccc(Br)c(Br)c2)nc(NC)c1I. The normalized spacial score (nSPS) is 10.7. The molecule has 6 heteroatoms. The van der Waals surface area contributed by atoms with Crippen LogP contribution >= 0.6 is 54.5 Å². The van der Waals surface area contributed by atoms with Crippen LogP contribution in [0.2, 0.25) is 0 Å². The first-order chi connectivity index (χ1) is 9.56. The predicted molar refractivity (Wildman–Crippen MR) is 99.1 cm³/mol. The summed E-state index contributed by atoms with van der Waals surface area (Å²) in [5.41, 5.74) is 2.10. The number of nitrogens with zero attached hydrogens (tertiary/aromatic N) is 2. The highest BCUT2D eigenvalue weighted by molar-refractivity contribution is 14.1. The van der Waals surface area contributed by atoms with Crippen molar-refractivity contribution in [3.05, 3.63) is 36.4 Å². The van der Waals surface area contributed by atoms with Gasteiger partial charge in [-0.05, 0) is 79.1 Å². The van der Waals surface area contributed by atoms with Crippen LogP contribution in [0.5, 0.6) is 0 Å². The summed E-state index contributed by atoms with van der Waals surface area (Å²) in [7, 11) is 1.89. The van der Waals surface area contributed by atoms with Gasteiger partial charge in [0.1, 0.15) is 5.82 Å². The monoisotopic (exact) mass is 509 g/mol. The summed E-state index contributed by atoms with van der Waals surface area (Å²) in [6, 6.07) is 6.05. The van der Waals surface area contributed by atoms with Gasteiger partial charge in [0, 0.05) is 21.6 Å². The maximum absolute atomic E-state index is 4.72. The number of nitrogens with one attached hydrogen (secondary N) is 1. The summed E-state index contributed by atoms with van der Waals surface area (Å²) in [5.74, 6) is 1.64. The van der Waals surface area contributed by atoms with E-state index in [0.29, 0.717) is 0 Å². The van der Waals surface area contributed by atoms with Gasteiger partial charge >= 0.3 is 0 Å². The van der Waals surface area contributed by atoms with Crippen molar-refractivity contribution in [2.45, 2.75) is 19.8 Å². The van der Waals surface area contributed by atoms with E-state index in [9.17, 15) is 0 Å². The minimum atomic E-state index is 0.756. The molecule has 0 saturated carbocycles. The molecule has 2 aromatic rings. The molecule has 0 spiro atoms. The van der Waals surface area contributed by atoms with Gasteiger partial charge in [0.05, 0.1) is 9.26 Å². The average molecular weight is 511 g/mol. The first-order valence-electron chi connectivity index (χ1n) is 6.26. The summed E-state index contributed by atoms with van der Waals surface area (Å²) in [5, 5.41) is 3.15. The molecule has 1 aromatic carbocycles. The Morgan fingerprint density at radius 2 is 1.95 bits per heavy atom. The van der Waals surface area contributed by atoms with E-state index in [-0.39, 0.29) is 0 Å². The van der Waals surface area contributed by atoms with Crippen molar-refractivity contribution >= 4 is 60.3 Å². The minimum Gasteiger partial charge on any atom is -0.372 e. The van der Waals surface area contributed by atoms with Crippen LogP contribution in [0.4, 0.5) is 5.82 Å². The van der Waals surface area contributed by atoms with Crippen molar-refractivity contribution in [3.8, 4) is 11.4 Å². The van der Waals surface area contributed by atoms with Gasteiger partial charge in [-0.15, -0.1) is 0 Å². The van der Waals surface area contributed by atoms with E-state index in [1.165, 1.54) is 0 Å². The van der Waals surface area contributed by atoms with Crippen LogP contribution in [-0.4, -0.2) is 17.0 Å². The predicted octanol–water partition coefficient (Wildman–Crippen LogP) is 5.27. The van der Waals surface area contributed by atoms with Gasteiger partial charge in [0.2, 0.25) is 0 Å². The minimum absolute atomic E-state index is 0.756. The molecule has 0 aliphatic carbocycles. The molecule has 0 atom stereocenters. The molecule has 3 nitrogen and oxygen atoms in total. The first-order valence-corrected chi connectivity index (χ1v) is 8.92. The molecule has 2 rings (SSSR count). The fourth-order valence-corrected chi connectivity index (χ4v) is 3.23. The fraction of sp³-hybridized carbons (Fsp3) is 0.286. The molecule has 0 aliphatic rings. The standard InChI is InChI=1S/C14H14Br2IN3/c1-3-4-11-12(17)14(18-2)20-13(19-11)8-5-6-9(15)10(16)7-8/h5-7H,3-4H2,1-2H3,(H,18,19,20). The molecular weight excluding hydrogens is 497 g/mol. The van der Waals surface area contributed by atoms with Crippen molar-refractivity contribution in [2.75, 3.05) is 12.4 Å². The van der Waals surface area contributed by atoms with Crippen molar-refractivity contribution in [3.63, 3.8) is 0 Å². The zero-order valence-corrected chi connectivity index (χ0v) is 16.5. The van der Waals surface area contributed by atoms with E-state index < -0.39 is 0 Å². The highest BCUT2D eigenvalue weighted by Gasteiger charge is 2.12. The number of anilines is 1. The summed E-state index contributed by atoms with van der Waals surface area (Å²) >= 11 is 9.31. The van der Waals surface area contributed by atoms with Gasteiger partial charge in [-0.25, -0.2) is 9.97 Å². The van der Waals surface area contributed by atoms with E-state index in [1.807, 2.05) is 25.2 Å². The quantitative estimate of drug-likeness (QED) is 0.570. The van der Waals surface area contributed by atoms with Crippen LogP contribution in [0.1, 0.15) is 19.0 Å². The number of hydrogen-bond donors (Lipinski definition) is 1. The van der Waals surface area contributed by atoms with Crippen LogP contribution < -0.4 is 5.32 Å². The molecule has 0 fully saturated rings. The number of halogens is 3. The maximum Gasteiger partial charge on any atom is 0.161 e. The Morgan fingerprint density at radius 1 is 1.20 bits per heavy atom. The Labute approximate surface area is 149 Å². The lowest BCUT2D eigenvalue weighted by molar-refractivity contribution is 0.868. The number of rotatable bonds is 4. The van der Waals surface area contributed by atoms with E-state index >= 15 is 0 Å². The van der Waals surface area contributed by atoms with Gasteiger partial charge in [-0.1, -0.05) is 13.3 Å². The molecule has 0 unspecified atom stereocenters. The topological polar surface area (TPSA) is 37.8 Å². The second kappa shape index (κ2) is 7.17. The molecule has 0 saturated heterocycles. The fourth-order valence-electron chi connectivity index (χ4n) is 1.83. The maximum atomic E-state index is 4.72. The zero-order chi connectivity index (χ0) is 14.7. The van der Waals surface area contributed by atoms with Crippen LogP contribution in [0, 0.1) is 3.57 Å². The third-order valence-electron chi connectivity index (χ3n) is 2.82. The molecule has 1 N–H and O–H groups in total. The first kappa shape index (κ1) is 16.2. The lowest BCUT2D eigenvalue weighted by atomic mass is 10.2. The van der Waals surface area contributed by atoms with Crippen LogP contribution in [0.25, 0.3) is 11.4 Å².